The molecule has 41 heavy (non-hydrogen) atoms. The average Bonchev–Trinajstić information content (AvgIpc) is 3.62. The molecule has 0 spiro atoms. The average molecular weight is 561 g/mol. The van der Waals surface area contributed by atoms with Crippen molar-refractivity contribution in [3.63, 3.8) is 0 Å². The normalized spacial score (nSPS) is 20.3. The van der Waals surface area contributed by atoms with Crippen molar-refractivity contribution >= 4 is 17.8 Å². The van der Waals surface area contributed by atoms with E-state index in [0.29, 0.717) is 23.0 Å². The summed E-state index contributed by atoms with van der Waals surface area (Å²) in [5.41, 5.74) is 3.87. The lowest BCUT2D eigenvalue weighted by Crippen LogP contribution is -2.45. The van der Waals surface area contributed by atoms with Crippen LogP contribution < -0.4 is 14.8 Å². The summed E-state index contributed by atoms with van der Waals surface area (Å²) in [5.74, 6) is 1.93. The van der Waals surface area contributed by atoms with Crippen molar-refractivity contribution in [2.45, 2.75) is 77.8 Å². The molecule has 218 valence electrons. The van der Waals surface area contributed by atoms with Crippen LogP contribution in [0.3, 0.4) is 0 Å². The van der Waals surface area contributed by atoms with Gasteiger partial charge in [0.2, 0.25) is 5.91 Å². The minimum Gasteiger partial charge on any atom is -0.497 e. The highest BCUT2D eigenvalue weighted by Gasteiger charge is 2.39. The molecule has 0 aliphatic heterocycles. The number of hydrogen-bond donors (Lipinski definition) is 2. The van der Waals surface area contributed by atoms with Crippen LogP contribution >= 0.6 is 0 Å². The van der Waals surface area contributed by atoms with E-state index in [1.165, 1.54) is 0 Å². The van der Waals surface area contributed by atoms with Gasteiger partial charge < -0.3 is 14.4 Å². The highest BCUT2D eigenvalue weighted by atomic mass is 16.5. The number of amides is 2. The molecule has 0 bridgehead atoms. The third kappa shape index (κ3) is 6.36. The summed E-state index contributed by atoms with van der Waals surface area (Å²) < 4.78 is 10.9. The molecule has 0 radical (unpaired) electrons. The molecular weight excluding hydrogens is 520 g/mol. The number of H-pyrrole nitrogens is 1. The Hall–Kier alpha value is -3.95. The molecule has 1 saturated carbocycles. The van der Waals surface area contributed by atoms with E-state index in [4.69, 9.17) is 9.47 Å². The van der Waals surface area contributed by atoms with Crippen LogP contribution in [0.5, 0.6) is 11.5 Å². The minimum atomic E-state index is -0.293. The Morgan fingerprint density at radius 2 is 1.71 bits per heavy atom. The van der Waals surface area contributed by atoms with Gasteiger partial charge in [0, 0.05) is 17.7 Å². The van der Waals surface area contributed by atoms with Crippen LogP contribution in [0.15, 0.2) is 36.4 Å². The number of carbonyl (C=O) groups excluding carboxylic acids is 2. The van der Waals surface area contributed by atoms with Crippen molar-refractivity contribution in [2.24, 2.45) is 11.3 Å². The number of aromatic nitrogens is 4. The van der Waals surface area contributed by atoms with Crippen molar-refractivity contribution in [1.82, 2.24) is 25.5 Å². The van der Waals surface area contributed by atoms with Gasteiger partial charge in [-0.15, -0.1) is 5.10 Å². The lowest BCUT2D eigenvalue weighted by Gasteiger charge is -2.43. The van der Waals surface area contributed by atoms with Crippen molar-refractivity contribution in [3.05, 3.63) is 58.7 Å². The van der Waals surface area contributed by atoms with Crippen molar-refractivity contribution in [2.75, 3.05) is 19.5 Å². The topological polar surface area (TPSA) is 122 Å². The number of anilines is 1. The fourth-order valence-corrected chi connectivity index (χ4v) is 6.50. The quantitative estimate of drug-likeness (QED) is 0.391. The van der Waals surface area contributed by atoms with E-state index in [0.717, 1.165) is 55.2 Å². The molecule has 1 atom stereocenters. The standard InChI is InChI=1S/C31H40N6O4/c1-31(2,3)22-8-10-23(11-9-22)37(28(38)16-19-14-24(40-4)18-25(15-19)41-5)27-13-7-20-17-21(6-12-26(20)27)29(39)32-30-33-35-36-34-30/h6,12,14-15,17-18,22-23,27H,7-11,13,16H2,1-5H3,(H2,32,33,34,35,36,39). The first kappa shape index (κ1) is 28.6. The third-order valence-corrected chi connectivity index (χ3v) is 8.73. The first-order chi connectivity index (χ1) is 19.7. The molecule has 10 nitrogen and oxygen atoms in total. The molecule has 1 unspecified atom stereocenters. The van der Waals surface area contributed by atoms with Crippen molar-refractivity contribution < 1.29 is 19.1 Å². The van der Waals surface area contributed by atoms with Gasteiger partial charge in [0.1, 0.15) is 11.5 Å². The first-order valence-electron chi connectivity index (χ1n) is 14.4. The summed E-state index contributed by atoms with van der Waals surface area (Å²) in [6, 6.07) is 11.5. The van der Waals surface area contributed by atoms with Gasteiger partial charge in [0.05, 0.1) is 26.7 Å². The number of rotatable bonds is 8. The Bertz CT molecular complexity index is 1350. The number of benzene rings is 2. The lowest BCUT2D eigenvalue weighted by molar-refractivity contribution is -0.137. The zero-order valence-corrected chi connectivity index (χ0v) is 24.6. The Morgan fingerprint density at radius 3 is 2.32 bits per heavy atom. The van der Waals surface area contributed by atoms with Crippen LogP contribution in [-0.2, 0) is 17.6 Å². The number of methoxy groups -OCH3 is 2. The summed E-state index contributed by atoms with van der Waals surface area (Å²) >= 11 is 0. The molecule has 3 aromatic rings. The van der Waals surface area contributed by atoms with Crippen LogP contribution in [0, 0.1) is 11.3 Å². The van der Waals surface area contributed by atoms with Gasteiger partial charge in [0.15, 0.2) is 0 Å². The molecule has 2 N–H and O–H groups in total. The Balaban J connectivity index is 1.41. The fraction of sp³-hybridized carbons (Fsp3) is 0.516. The van der Waals surface area contributed by atoms with Gasteiger partial charge in [-0.05, 0) is 96.0 Å². The fourth-order valence-electron chi connectivity index (χ4n) is 6.50. The highest BCUT2D eigenvalue weighted by molar-refractivity contribution is 6.03. The maximum absolute atomic E-state index is 14.2. The van der Waals surface area contributed by atoms with Gasteiger partial charge in [-0.1, -0.05) is 31.9 Å². The van der Waals surface area contributed by atoms with Crippen molar-refractivity contribution in [3.8, 4) is 11.5 Å². The second-order valence-corrected chi connectivity index (χ2v) is 12.2. The maximum Gasteiger partial charge on any atom is 0.270 e. The number of tetrazole rings is 1. The predicted octanol–water partition coefficient (Wildman–Crippen LogP) is 5.13. The predicted molar refractivity (Wildman–Crippen MR) is 155 cm³/mol. The maximum atomic E-state index is 14.2. The van der Waals surface area contributed by atoms with Crippen LogP contribution in [0.2, 0.25) is 0 Å². The second kappa shape index (κ2) is 11.9. The smallest absolute Gasteiger partial charge is 0.270 e. The van der Waals surface area contributed by atoms with Gasteiger partial charge >= 0.3 is 0 Å². The zero-order chi connectivity index (χ0) is 29.1. The number of ether oxygens (including phenoxy) is 2. The van der Waals surface area contributed by atoms with Crippen molar-refractivity contribution in [1.29, 1.82) is 0 Å². The van der Waals surface area contributed by atoms with Crippen LogP contribution in [-0.4, -0.2) is 57.6 Å². The number of aromatic amines is 1. The molecular formula is C31H40N6O4. The zero-order valence-electron chi connectivity index (χ0n) is 24.6. The Morgan fingerprint density at radius 1 is 1.00 bits per heavy atom. The van der Waals surface area contributed by atoms with Gasteiger partial charge in [-0.2, -0.15) is 5.21 Å². The molecule has 0 saturated heterocycles. The van der Waals surface area contributed by atoms with E-state index in [-0.39, 0.29) is 41.7 Å². The number of fused-ring (bicyclic) bond motifs is 1. The van der Waals surface area contributed by atoms with E-state index < -0.39 is 0 Å². The molecule has 10 heteroatoms. The highest BCUT2D eigenvalue weighted by Crippen LogP contribution is 2.44. The van der Waals surface area contributed by atoms with Crippen LogP contribution in [0.4, 0.5) is 5.95 Å². The number of nitrogens with zero attached hydrogens (tertiary/aromatic N) is 4. The van der Waals surface area contributed by atoms with E-state index >= 15 is 0 Å². The monoisotopic (exact) mass is 560 g/mol. The molecule has 5 rings (SSSR count). The van der Waals surface area contributed by atoms with E-state index in [9.17, 15) is 9.59 Å². The molecule has 1 fully saturated rings. The molecule has 2 aromatic carbocycles. The second-order valence-electron chi connectivity index (χ2n) is 12.2. The number of aryl methyl sites for hydroxylation is 1. The largest absolute Gasteiger partial charge is 0.497 e. The SMILES string of the molecule is COc1cc(CC(=O)N(C2CCC(C(C)(C)C)CC2)C2CCc3cc(C(=O)Nc4nn[nH]n4)ccc32)cc(OC)c1. The Labute approximate surface area is 241 Å². The minimum absolute atomic E-state index is 0.0319. The number of carbonyl (C=O) groups is 2. The summed E-state index contributed by atoms with van der Waals surface area (Å²) in [4.78, 5) is 29.1. The number of nitrogens with one attached hydrogen (secondary N) is 2. The van der Waals surface area contributed by atoms with E-state index in [1.54, 1.807) is 14.2 Å². The van der Waals surface area contributed by atoms with Gasteiger partial charge in [-0.25, -0.2) is 0 Å². The summed E-state index contributed by atoms with van der Waals surface area (Å²) in [6.45, 7) is 6.95. The van der Waals surface area contributed by atoms with Crippen LogP contribution in [0.1, 0.15) is 86.0 Å². The Kier molecular flexibility index (Phi) is 8.28. The molecule has 2 aliphatic rings. The van der Waals surface area contributed by atoms with E-state index in [1.807, 2.05) is 36.4 Å². The summed E-state index contributed by atoms with van der Waals surface area (Å²) in [7, 11) is 3.24. The number of hydrogen-bond acceptors (Lipinski definition) is 7. The summed E-state index contributed by atoms with van der Waals surface area (Å²) in [6.07, 6.45) is 6.11. The molecule has 2 amide bonds. The van der Waals surface area contributed by atoms with Crippen LogP contribution in [0.25, 0.3) is 0 Å². The third-order valence-electron chi connectivity index (χ3n) is 8.73. The van der Waals surface area contributed by atoms with Gasteiger partial charge in [0.25, 0.3) is 11.9 Å². The molecule has 2 aliphatic carbocycles. The molecule has 1 heterocycles. The summed E-state index contributed by atoms with van der Waals surface area (Å²) in [5, 5.41) is 16.1. The first-order valence-corrected chi connectivity index (χ1v) is 14.4. The lowest BCUT2D eigenvalue weighted by atomic mass is 9.71. The van der Waals surface area contributed by atoms with E-state index in [2.05, 4.69) is 51.6 Å². The van der Waals surface area contributed by atoms with Gasteiger partial charge in [-0.3, -0.25) is 14.9 Å². The molecule has 1 aromatic heterocycles.